The number of carboxylic acids is 1. The van der Waals surface area contributed by atoms with Crippen LogP contribution in [-0.4, -0.2) is 67.2 Å². The molecule has 2 atom stereocenters. The number of nitrogens with two attached hydrogens (primary N) is 2. The number of thiophene rings is 1. The Hall–Kier alpha value is -4.51. The summed E-state index contributed by atoms with van der Waals surface area (Å²) in [6, 6.07) is 2.43. The lowest BCUT2D eigenvalue weighted by Gasteiger charge is -2.50. The second kappa shape index (κ2) is 10.2. The summed E-state index contributed by atoms with van der Waals surface area (Å²) in [7, 11) is 0. The molecule has 2 aliphatic rings. The number of anilines is 1. The van der Waals surface area contributed by atoms with Gasteiger partial charge >= 0.3 is 6.01 Å². The third kappa shape index (κ3) is 4.95. The summed E-state index contributed by atoms with van der Waals surface area (Å²) < 4.78 is 7.57. The first-order chi connectivity index (χ1) is 19.0. The highest BCUT2D eigenvalue weighted by Gasteiger charge is 2.53. The third-order valence-corrected chi connectivity index (χ3v) is 8.39. The van der Waals surface area contributed by atoms with E-state index in [1.807, 2.05) is 34.5 Å². The van der Waals surface area contributed by atoms with Crippen molar-refractivity contribution in [3.63, 3.8) is 0 Å². The first-order valence-corrected chi connectivity index (χ1v) is 13.6. The number of nitrogens with one attached hydrogen (secondary N) is 1. The van der Waals surface area contributed by atoms with Gasteiger partial charge in [-0.3, -0.25) is 19.3 Å². The quantitative estimate of drug-likeness (QED) is 0.110. The molecule has 0 radical (unpaired) electrons. The standard InChI is InChI=1S/C23H22N8O7S2/c1-23(2,21(24)36)38-28-13(16-27-22(25)37-29-16)17(32)26-14-18(33)31-15(20(34)35)11(9-40-19(14)31)7-30-5-3-10-4-6-39-12(10)8-30/h3-6,8,14,19H,7,9H2,1-2H3,(H5-,24,25,26,27,29,32,34,35,36)/t14?,19-/m0/s1. The maximum absolute atomic E-state index is 13.1. The first kappa shape index (κ1) is 27.1. The molecule has 208 valence electrons. The van der Waals surface area contributed by atoms with Crippen molar-refractivity contribution in [2.75, 3.05) is 11.5 Å². The van der Waals surface area contributed by atoms with E-state index in [1.54, 1.807) is 11.3 Å². The number of amides is 3. The summed E-state index contributed by atoms with van der Waals surface area (Å²) in [4.78, 5) is 60.0. The highest BCUT2D eigenvalue weighted by atomic mass is 32.2. The van der Waals surface area contributed by atoms with E-state index in [2.05, 4.69) is 20.6 Å². The van der Waals surface area contributed by atoms with Crippen molar-refractivity contribution in [2.45, 2.75) is 37.4 Å². The smallest absolute Gasteiger partial charge is 0.319 e. The van der Waals surface area contributed by atoms with E-state index in [-0.39, 0.29) is 29.8 Å². The van der Waals surface area contributed by atoms with Crippen LogP contribution < -0.4 is 26.5 Å². The molecular weight excluding hydrogens is 564 g/mol. The molecule has 1 unspecified atom stereocenters. The molecule has 1 saturated heterocycles. The fourth-order valence-corrected chi connectivity index (χ4v) is 6.15. The van der Waals surface area contributed by atoms with Crippen LogP contribution in [0.3, 0.4) is 0 Å². The number of aliphatic carboxylic acids is 1. The highest BCUT2D eigenvalue weighted by Crippen LogP contribution is 2.40. The first-order valence-electron chi connectivity index (χ1n) is 11.7. The number of primary amides is 1. The van der Waals surface area contributed by atoms with Crippen molar-refractivity contribution >= 4 is 68.6 Å². The van der Waals surface area contributed by atoms with E-state index in [1.165, 1.54) is 25.6 Å². The maximum atomic E-state index is 13.1. The van der Waals surface area contributed by atoms with Gasteiger partial charge in [-0.15, -0.1) is 23.1 Å². The molecule has 5 heterocycles. The number of carbonyl (C=O) groups is 4. The van der Waals surface area contributed by atoms with E-state index >= 15 is 0 Å². The number of hydrogen-bond acceptors (Lipinski definition) is 13. The van der Waals surface area contributed by atoms with Crippen LogP contribution in [-0.2, 0) is 30.6 Å². The number of aromatic nitrogens is 3. The summed E-state index contributed by atoms with van der Waals surface area (Å²) in [6.45, 7) is 2.89. The molecule has 3 aromatic rings. The molecule has 40 heavy (non-hydrogen) atoms. The number of thioether (sulfide) groups is 1. The molecule has 3 aromatic heterocycles. The number of nitrogen functional groups attached to an aromatic ring is 1. The van der Waals surface area contributed by atoms with E-state index in [4.69, 9.17) is 20.8 Å². The molecule has 0 aliphatic carbocycles. The van der Waals surface area contributed by atoms with Crippen molar-refractivity contribution in [3.8, 4) is 0 Å². The van der Waals surface area contributed by atoms with Crippen molar-refractivity contribution in [3.05, 3.63) is 47.0 Å². The van der Waals surface area contributed by atoms with Gasteiger partial charge in [-0.1, -0.05) is 10.3 Å². The zero-order chi connectivity index (χ0) is 28.8. The van der Waals surface area contributed by atoms with Crippen LogP contribution >= 0.6 is 23.1 Å². The van der Waals surface area contributed by atoms with Gasteiger partial charge in [0.05, 0.1) is 16.4 Å². The molecule has 1 fully saturated rings. The van der Waals surface area contributed by atoms with Gasteiger partial charge in [0.25, 0.3) is 17.7 Å². The van der Waals surface area contributed by atoms with Gasteiger partial charge in [-0.05, 0) is 25.3 Å². The SMILES string of the molecule is CC(C)(ON=C(C(=O)NC1C(=O)N2C(C(=O)[O-])=C(C[n+]3ccc4ccsc4c3)CS[C@@H]12)c1noc(N)n1)C(N)=O. The second-order valence-electron chi connectivity index (χ2n) is 9.32. The highest BCUT2D eigenvalue weighted by molar-refractivity contribution is 8.00. The number of β-lactam (4-membered cyclic amide) rings is 1. The summed E-state index contributed by atoms with van der Waals surface area (Å²) >= 11 is 2.84. The molecule has 5 N–H and O–H groups in total. The monoisotopic (exact) mass is 586 g/mol. The Morgan fingerprint density at radius 1 is 1.38 bits per heavy atom. The number of pyridine rings is 1. The summed E-state index contributed by atoms with van der Waals surface area (Å²) in [5.74, 6) is -4.07. The predicted molar refractivity (Wildman–Crippen MR) is 139 cm³/mol. The van der Waals surface area contributed by atoms with Gasteiger partial charge in [0.1, 0.15) is 11.4 Å². The number of carboxylic acid groups (broad SMARTS) is 1. The minimum Gasteiger partial charge on any atom is -0.543 e. The summed E-state index contributed by atoms with van der Waals surface area (Å²) in [5, 5.41) is 24.2. The Kier molecular flexibility index (Phi) is 6.92. The molecule has 0 spiro atoms. The van der Waals surface area contributed by atoms with Crippen LogP contribution in [0.15, 0.2) is 50.9 Å². The number of rotatable bonds is 9. The molecule has 0 saturated carbocycles. The minimum atomic E-state index is -1.60. The Morgan fingerprint density at radius 2 is 2.15 bits per heavy atom. The Bertz CT molecular complexity index is 1610. The lowest BCUT2D eigenvalue weighted by Crippen LogP contribution is -2.71. The number of hydrogen-bond donors (Lipinski definition) is 3. The molecular formula is C23H22N8O7S2. The zero-order valence-corrected chi connectivity index (χ0v) is 22.7. The summed E-state index contributed by atoms with van der Waals surface area (Å²) in [5.41, 5.74) is 8.85. The van der Waals surface area contributed by atoms with Crippen LogP contribution in [0, 0.1) is 0 Å². The van der Waals surface area contributed by atoms with Crippen LogP contribution in [0.1, 0.15) is 19.7 Å². The van der Waals surface area contributed by atoms with Crippen LogP contribution in [0.2, 0.25) is 0 Å². The Morgan fingerprint density at radius 3 is 2.83 bits per heavy atom. The largest absolute Gasteiger partial charge is 0.543 e. The molecule has 5 rings (SSSR count). The third-order valence-electron chi connectivity index (χ3n) is 6.18. The van der Waals surface area contributed by atoms with E-state index in [9.17, 15) is 24.3 Å². The lowest BCUT2D eigenvalue weighted by molar-refractivity contribution is -0.687. The van der Waals surface area contributed by atoms with E-state index < -0.39 is 46.4 Å². The average molecular weight is 587 g/mol. The number of fused-ring (bicyclic) bond motifs is 2. The van der Waals surface area contributed by atoms with Gasteiger partial charge in [-0.25, -0.2) is 0 Å². The molecule has 15 nitrogen and oxygen atoms in total. The Balaban J connectivity index is 1.36. The van der Waals surface area contributed by atoms with Crippen molar-refractivity contribution in [1.82, 2.24) is 20.4 Å². The fraction of sp³-hybridized carbons (Fsp3) is 0.304. The van der Waals surface area contributed by atoms with Gasteiger partial charge < -0.3 is 36.0 Å². The van der Waals surface area contributed by atoms with Gasteiger partial charge in [0, 0.05) is 22.8 Å². The van der Waals surface area contributed by atoms with E-state index in [0.29, 0.717) is 5.57 Å². The zero-order valence-electron chi connectivity index (χ0n) is 21.0. The predicted octanol–water partition coefficient (Wildman–Crippen LogP) is -1.76. The van der Waals surface area contributed by atoms with Gasteiger partial charge in [0.2, 0.25) is 17.1 Å². The normalized spacial score (nSPS) is 19.3. The Labute approximate surface area is 233 Å². The van der Waals surface area contributed by atoms with Crippen LogP contribution in [0.25, 0.3) is 10.1 Å². The van der Waals surface area contributed by atoms with Gasteiger partial charge in [0.15, 0.2) is 18.9 Å². The van der Waals surface area contributed by atoms with Crippen molar-refractivity contribution < 1.29 is 38.2 Å². The van der Waals surface area contributed by atoms with Crippen molar-refractivity contribution in [2.24, 2.45) is 10.9 Å². The fourth-order valence-electron chi connectivity index (χ4n) is 3.98. The summed E-state index contributed by atoms with van der Waals surface area (Å²) in [6.07, 6.45) is 3.74. The molecule has 3 amide bonds. The molecule has 17 heteroatoms. The van der Waals surface area contributed by atoms with Gasteiger partial charge in [-0.2, -0.15) is 9.55 Å². The average Bonchev–Trinajstić information content (AvgIpc) is 3.55. The number of oxime groups is 1. The maximum Gasteiger partial charge on any atom is 0.319 e. The van der Waals surface area contributed by atoms with Crippen LogP contribution in [0.5, 0.6) is 0 Å². The minimum absolute atomic E-state index is 0.232. The molecule has 2 aliphatic heterocycles. The topological polar surface area (TPSA) is 223 Å². The van der Waals surface area contributed by atoms with Crippen molar-refractivity contribution in [1.29, 1.82) is 0 Å². The second-order valence-corrected chi connectivity index (χ2v) is 11.4. The molecule has 0 aromatic carbocycles. The van der Waals surface area contributed by atoms with Crippen LogP contribution in [0.4, 0.5) is 6.01 Å². The molecule has 0 bridgehead atoms. The number of nitrogens with zero attached hydrogens (tertiary/aromatic N) is 5. The van der Waals surface area contributed by atoms with E-state index in [0.717, 1.165) is 15.0 Å². The lowest BCUT2D eigenvalue weighted by atomic mass is 10.0. The number of carbonyl (C=O) groups excluding carboxylic acids is 4.